The maximum Gasteiger partial charge on any atom is 0.472 e. The molecule has 0 saturated heterocycles. The molecule has 5 N–H and O–H groups in total. The van der Waals surface area contributed by atoms with Gasteiger partial charge in [-0.15, -0.1) is 0 Å². The van der Waals surface area contributed by atoms with Gasteiger partial charge in [0.05, 0.1) is 26.4 Å². The van der Waals surface area contributed by atoms with Crippen LogP contribution in [0.3, 0.4) is 0 Å². The molecule has 0 spiro atoms. The van der Waals surface area contributed by atoms with Gasteiger partial charge in [0, 0.05) is 12.8 Å². The topological polar surface area (TPSA) is 225 Å². The molecular formula is C55H98O15P2. The van der Waals surface area contributed by atoms with Gasteiger partial charge in [-0.05, 0) is 64.2 Å². The lowest BCUT2D eigenvalue weighted by Crippen LogP contribution is -2.25. The van der Waals surface area contributed by atoms with Crippen LogP contribution in [0.4, 0.5) is 0 Å². The lowest BCUT2D eigenvalue weighted by Gasteiger charge is -2.19. The molecule has 0 aromatic rings. The van der Waals surface area contributed by atoms with Crippen molar-refractivity contribution >= 4 is 27.6 Å². The van der Waals surface area contributed by atoms with E-state index in [4.69, 9.17) is 14.0 Å². The van der Waals surface area contributed by atoms with Crippen molar-refractivity contribution < 1.29 is 71.4 Å². The third-order valence-electron chi connectivity index (χ3n) is 11.2. The van der Waals surface area contributed by atoms with E-state index in [0.29, 0.717) is 12.8 Å². The lowest BCUT2D eigenvalue weighted by molar-refractivity contribution is -0.148. The number of hydrogen-bond acceptors (Lipinski definition) is 13. The number of esters is 2. The summed E-state index contributed by atoms with van der Waals surface area (Å²) in [5.41, 5.74) is 0. The summed E-state index contributed by atoms with van der Waals surface area (Å²) in [5.74, 6) is -1.03. The summed E-state index contributed by atoms with van der Waals surface area (Å²) in [4.78, 5) is 43.9. The SMILES string of the molecule is CC/C=C\C/C=C\C/C=C\C/C=C\C/C=C\C/C=C\CCCCC(=O)OCC(O)COP(=O)(O)OCC(O)COP(=O)(O)OCC(O)COC(=O)CCCCCCCCCCCCCCCCCCCCC. The minimum absolute atomic E-state index is 0.138. The molecule has 5 atom stereocenters. The number of phosphoric ester groups is 2. The first-order valence-corrected chi connectivity index (χ1v) is 30.3. The molecule has 0 aliphatic rings. The summed E-state index contributed by atoms with van der Waals surface area (Å²) < 4.78 is 53.1. The summed E-state index contributed by atoms with van der Waals surface area (Å²) in [6.07, 6.45) is 53.2. The van der Waals surface area contributed by atoms with Crippen molar-refractivity contribution in [2.45, 2.75) is 225 Å². The molecule has 0 radical (unpaired) electrons. The second-order valence-corrected chi connectivity index (χ2v) is 21.1. The number of aliphatic hydroxyl groups is 3. The Hall–Kier alpha value is -2.52. The van der Waals surface area contributed by atoms with E-state index in [1.807, 2.05) is 0 Å². The smallest absolute Gasteiger partial charge is 0.463 e. The molecule has 0 heterocycles. The molecule has 0 amide bonds. The van der Waals surface area contributed by atoms with Crippen molar-refractivity contribution in [1.82, 2.24) is 0 Å². The van der Waals surface area contributed by atoms with Crippen molar-refractivity contribution in [3.05, 3.63) is 72.9 Å². The fourth-order valence-electron chi connectivity index (χ4n) is 6.98. The monoisotopic (exact) mass is 1060 g/mol. The molecule has 0 aliphatic heterocycles. The van der Waals surface area contributed by atoms with Gasteiger partial charge in [-0.2, -0.15) is 0 Å². The van der Waals surface area contributed by atoms with E-state index in [1.54, 1.807) is 0 Å². The predicted octanol–water partition coefficient (Wildman–Crippen LogP) is 13.5. The number of carbonyl (C=O) groups is 2. The maximum atomic E-state index is 12.2. The quantitative estimate of drug-likeness (QED) is 0.0165. The van der Waals surface area contributed by atoms with Crippen LogP contribution in [0.25, 0.3) is 0 Å². The number of phosphoric acid groups is 2. The molecule has 17 heteroatoms. The maximum absolute atomic E-state index is 12.2. The van der Waals surface area contributed by atoms with E-state index < -0.39 is 85.5 Å². The molecule has 0 fully saturated rings. The lowest BCUT2D eigenvalue weighted by atomic mass is 10.0. The van der Waals surface area contributed by atoms with Crippen LogP contribution in [-0.2, 0) is 46.3 Å². The summed E-state index contributed by atoms with van der Waals surface area (Å²) in [7, 11) is -9.60. The van der Waals surface area contributed by atoms with Crippen molar-refractivity contribution in [1.29, 1.82) is 0 Å². The van der Waals surface area contributed by atoms with Gasteiger partial charge in [0.2, 0.25) is 0 Å². The van der Waals surface area contributed by atoms with E-state index in [0.717, 1.165) is 70.6 Å². The highest BCUT2D eigenvalue weighted by Gasteiger charge is 2.28. The summed E-state index contributed by atoms with van der Waals surface area (Å²) in [5, 5.41) is 30.1. The summed E-state index contributed by atoms with van der Waals surface area (Å²) >= 11 is 0. The van der Waals surface area contributed by atoms with E-state index in [9.17, 15) is 43.8 Å². The number of ether oxygens (including phenoxy) is 2. The highest BCUT2D eigenvalue weighted by atomic mass is 31.2. The molecule has 15 nitrogen and oxygen atoms in total. The Morgan fingerprint density at radius 2 is 0.639 bits per heavy atom. The van der Waals surface area contributed by atoms with Crippen LogP contribution in [0.1, 0.15) is 206 Å². The van der Waals surface area contributed by atoms with Crippen LogP contribution >= 0.6 is 15.6 Å². The van der Waals surface area contributed by atoms with Crippen molar-refractivity contribution in [2.24, 2.45) is 0 Å². The fourth-order valence-corrected chi connectivity index (χ4v) is 8.57. The Morgan fingerprint density at radius 3 is 0.958 bits per heavy atom. The van der Waals surface area contributed by atoms with Gasteiger partial charge in [0.1, 0.15) is 31.5 Å². The number of unbranched alkanes of at least 4 members (excludes halogenated alkanes) is 20. The third kappa shape index (κ3) is 52.3. The molecular weight excluding hydrogens is 963 g/mol. The number of allylic oxidation sites excluding steroid dienone is 12. The van der Waals surface area contributed by atoms with Gasteiger partial charge < -0.3 is 34.6 Å². The zero-order valence-corrected chi connectivity index (χ0v) is 46.1. The Kier molecular flexibility index (Phi) is 48.9. The Labute approximate surface area is 434 Å². The minimum atomic E-state index is -4.80. The Balaban J connectivity index is 3.89. The highest BCUT2D eigenvalue weighted by molar-refractivity contribution is 7.47. The van der Waals surface area contributed by atoms with Gasteiger partial charge in [-0.1, -0.05) is 202 Å². The molecule has 0 aromatic carbocycles. The molecule has 0 aromatic heterocycles. The van der Waals surface area contributed by atoms with E-state index in [-0.39, 0.29) is 12.8 Å². The number of hydrogen-bond donors (Lipinski definition) is 5. The first kappa shape index (κ1) is 69.5. The third-order valence-corrected chi connectivity index (χ3v) is 13.1. The summed E-state index contributed by atoms with van der Waals surface area (Å²) in [6.45, 7) is 0.282. The van der Waals surface area contributed by atoms with Crippen molar-refractivity contribution in [3.8, 4) is 0 Å². The number of aliphatic hydroxyl groups excluding tert-OH is 3. The van der Waals surface area contributed by atoms with Crippen LogP contribution in [0.5, 0.6) is 0 Å². The van der Waals surface area contributed by atoms with E-state index in [2.05, 4.69) is 100 Å². The standard InChI is InChI=1S/C55H98O15P2/c1-3-5-7-9-11-13-15-17-19-21-23-24-26-28-30-32-34-36-38-40-42-44-55(60)66-46-52(57)48-68-72(63,64)70-50-53(58)49-69-71(61,62)67-47-51(56)45-65-54(59)43-41-39-37-35-33-31-29-27-25-22-20-18-16-14-12-10-8-6-4-2/h5,7,11,13,17,19,23-24,28,30,34,36,51-53,56-58H,3-4,6,8-10,12,14-16,18,20-22,25-27,29,31-33,35,37-50H2,1-2H3,(H,61,62)(H,63,64)/b7-5-,13-11-,19-17-,24-23-,30-28-,36-34-. The summed E-state index contributed by atoms with van der Waals surface area (Å²) in [6, 6.07) is 0. The average Bonchev–Trinajstić information content (AvgIpc) is 3.36. The number of rotatable bonds is 52. The zero-order valence-electron chi connectivity index (χ0n) is 44.3. The average molecular weight is 1060 g/mol. The minimum Gasteiger partial charge on any atom is -0.463 e. The van der Waals surface area contributed by atoms with Crippen LogP contribution < -0.4 is 0 Å². The van der Waals surface area contributed by atoms with Crippen LogP contribution in [0.15, 0.2) is 72.9 Å². The number of carbonyl (C=O) groups excluding carboxylic acids is 2. The molecule has 0 saturated carbocycles. The Bertz CT molecular complexity index is 1560. The van der Waals surface area contributed by atoms with Crippen molar-refractivity contribution in [3.63, 3.8) is 0 Å². The van der Waals surface area contributed by atoms with Gasteiger partial charge >= 0.3 is 27.6 Å². The van der Waals surface area contributed by atoms with Crippen LogP contribution in [0.2, 0.25) is 0 Å². The molecule has 5 unspecified atom stereocenters. The van der Waals surface area contributed by atoms with Gasteiger partial charge in [-0.3, -0.25) is 27.7 Å². The fraction of sp³-hybridized carbons (Fsp3) is 0.745. The van der Waals surface area contributed by atoms with Gasteiger partial charge in [0.15, 0.2) is 0 Å². The zero-order chi connectivity index (χ0) is 53.1. The molecule has 72 heavy (non-hydrogen) atoms. The molecule has 0 bridgehead atoms. The second-order valence-electron chi connectivity index (χ2n) is 18.2. The van der Waals surface area contributed by atoms with Gasteiger partial charge in [0.25, 0.3) is 0 Å². The predicted molar refractivity (Wildman–Crippen MR) is 288 cm³/mol. The van der Waals surface area contributed by atoms with E-state index in [1.165, 1.54) is 96.3 Å². The first-order chi connectivity index (χ1) is 34.8. The first-order valence-electron chi connectivity index (χ1n) is 27.3. The van der Waals surface area contributed by atoms with Crippen LogP contribution in [0, 0.1) is 0 Å². The largest absolute Gasteiger partial charge is 0.472 e. The Morgan fingerprint density at radius 1 is 0.375 bits per heavy atom. The molecule has 0 rings (SSSR count). The van der Waals surface area contributed by atoms with Crippen molar-refractivity contribution in [2.75, 3.05) is 39.6 Å². The second kappa shape index (κ2) is 50.6. The van der Waals surface area contributed by atoms with Crippen LogP contribution in [-0.4, -0.2) is 95.0 Å². The molecule has 418 valence electrons. The highest BCUT2D eigenvalue weighted by Crippen LogP contribution is 2.45. The normalized spacial score (nSPS) is 15.4. The molecule has 0 aliphatic carbocycles. The van der Waals surface area contributed by atoms with Gasteiger partial charge in [-0.25, -0.2) is 9.13 Å². The van der Waals surface area contributed by atoms with E-state index >= 15 is 0 Å².